The summed E-state index contributed by atoms with van der Waals surface area (Å²) in [6.07, 6.45) is -0.446. The number of rotatable bonds is 6. The number of fused-ring (bicyclic) bond motifs is 3. The second kappa shape index (κ2) is 8.28. The molecule has 1 aliphatic rings. The highest BCUT2D eigenvalue weighted by Gasteiger charge is 2.35. The summed E-state index contributed by atoms with van der Waals surface area (Å²) in [4.78, 5) is 30.3. The Kier molecular flexibility index (Phi) is 5.55. The highest BCUT2D eigenvalue weighted by Crippen LogP contribution is 2.44. The standard InChI is InChI=1S/C23H22N2O4S/c1-3-20(21(26)27)25(22-24-14(2)13-30-22)23(28)29-12-19-17-10-6-4-8-15(17)16-9-5-7-11-18(16)19/h4-11,13,19-20H,3,12H2,1-2H3,(H,26,27). The van der Waals surface area contributed by atoms with Gasteiger partial charge >= 0.3 is 12.1 Å². The van der Waals surface area contributed by atoms with E-state index in [2.05, 4.69) is 17.1 Å². The van der Waals surface area contributed by atoms with Gasteiger partial charge in [-0.2, -0.15) is 0 Å². The highest BCUT2D eigenvalue weighted by atomic mass is 32.1. The molecule has 1 aliphatic carbocycles. The van der Waals surface area contributed by atoms with Crippen LogP contribution >= 0.6 is 11.3 Å². The topological polar surface area (TPSA) is 79.7 Å². The minimum atomic E-state index is -1.08. The molecule has 1 heterocycles. The van der Waals surface area contributed by atoms with Crippen LogP contribution in [0.5, 0.6) is 0 Å². The van der Waals surface area contributed by atoms with E-state index in [9.17, 15) is 14.7 Å². The van der Waals surface area contributed by atoms with Crippen molar-refractivity contribution in [2.45, 2.75) is 32.2 Å². The number of carboxylic acids is 1. The van der Waals surface area contributed by atoms with Crippen molar-refractivity contribution in [3.8, 4) is 11.1 Å². The Morgan fingerprint density at radius 3 is 2.23 bits per heavy atom. The smallest absolute Gasteiger partial charge is 0.416 e. The summed E-state index contributed by atoms with van der Waals surface area (Å²) < 4.78 is 5.69. The molecule has 1 N–H and O–H groups in total. The second-order valence-electron chi connectivity index (χ2n) is 7.21. The first-order valence-corrected chi connectivity index (χ1v) is 10.7. The number of hydrogen-bond acceptors (Lipinski definition) is 5. The number of carbonyl (C=O) groups is 2. The Morgan fingerprint density at radius 1 is 1.13 bits per heavy atom. The number of carbonyl (C=O) groups excluding carboxylic acids is 1. The Labute approximate surface area is 178 Å². The maximum Gasteiger partial charge on any atom is 0.416 e. The fraction of sp³-hybridized carbons (Fsp3) is 0.261. The molecule has 1 aromatic heterocycles. The molecule has 0 saturated heterocycles. The van der Waals surface area contributed by atoms with Crippen LogP contribution in [-0.2, 0) is 9.53 Å². The summed E-state index contributed by atoms with van der Waals surface area (Å²) in [5.41, 5.74) is 5.21. The monoisotopic (exact) mass is 422 g/mol. The SMILES string of the molecule is CCC(C(=O)O)N(C(=O)OCC1c2ccccc2-c2ccccc21)c1nc(C)cs1. The summed E-state index contributed by atoms with van der Waals surface area (Å²) in [7, 11) is 0. The number of aliphatic carboxylic acids is 1. The summed E-state index contributed by atoms with van der Waals surface area (Å²) in [5, 5.41) is 11.7. The van der Waals surface area contributed by atoms with E-state index >= 15 is 0 Å². The predicted octanol–water partition coefficient (Wildman–Crippen LogP) is 5.07. The van der Waals surface area contributed by atoms with Crippen LogP contribution in [0.3, 0.4) is 0 Å². The molecule has 0 bridgehead atoms. The van der Waals surface area contributed by atoms with Crippen LogP contribution in [0.25, 0.3) is 11.1 Å². The van der Waals surface area contributed by atoms with Gasteiger partial charge in [-0.05, 0) is 35.6 Å². The fourth-order valence-electron chi connectivity index (χ4n) is 3.92. The number of benzene rings is 2. The van der Waals surface area contributed by atoms with Gasteiger partial charge in [-0.3, -0.25) is 0 Å². The minimum Gasteiger partial charge on any atom is -0.480 e. The molecule has 1 amide bonds. The van der Waals surface area contributed by atoms with E-state index in [4.69, 9.17) is 4.74 Å². The van der Waals surface area contributed by atoms with Crippen molar-refractivity contribution < 1.29 is 19.4 Å². The molecule has 6 nitrogen and oxygen atoms in total. The molecule has 4 rings (SSSR count). The zero-order valence-corrected chi connectivity index (χ0v) is 17.6. The van der Waals surface area contributed by atoms with Gasteiger partial charge in [0.05, 0.1) is 5.69 Å². The number of anilines is 1. The lowest BCUT2D eigenvalue weighted by Crippen LogP contribution is -2.45. The van der Waals surface area contributed by atoms with E-state index in [0.29, 0.717) is 5.13 Å². The molecule has 0 fully saturated rings. The zero-order valence-electron chi connectivity index (χ0n) is 16.7. The average Bonchev–Trinajstić information content (AvgIpc) is 3.31. The van der Waals surface area contributed by atoms with Crippen molar-refractivity contribution in [3.63, 3.8) is 0 Å². The molecule has 154 valence electrons. The van der Waals surface area contributed by atoms with E-state index in [0.717, 1.165) is 32.8 Å². The molecule has 0 spiro atoms. The van der Waals surface area contributed by atoms with Gasteiger partial charge in [-0.15, -0.1) is 11.3 Å². The predicted molar refractivity (Wildman–Crippen MR) is 116 cm³/mol. The van der Waals surface area contributed by atoms with Crippen molar-refractivity contribution in [1.29, 1.82) is 0 Å². The van der Waals surface area contributed by atoms with E-state index in [1.807, 2.05) is 36.4 Å². The molecule has 0 radical (unpaired) electrons. The third kappa shape index (κ3) is 3.57. The van der Waals surface area contributed by atoms with Gasteiger partial charge in [-0.1, -0.05) is 55.5 Å². The van der Waals surface area contributed by atoms with Gasteiger partial charge in [0.1, 0.15) is 12.6 Å². The van der Waals surface area contributed by atoms with Crippen LogP contribution in [0.2, 0.25) is 0 Å². The number of carboxylic acid groups (broad SMARTS) is 1. The normalized spacial score (nSPS) is 13.4. The van der Waals surface area contributed by atoms with Crippen LogP contribution < -0.4 is 4.90 Å². The van der Waals surface area contributed by atoms with Crippen molar-refractivity contribution in [2.75, 3.05) is 11.5 Å². The largest absolute Gasteiger partial charge is 0.480 e. The molecular formula is C23H22N2O4S. The van der Waals surface area contributed by atoms with Crippen LogP contribution in [0.1, 0.15) is 36.1 Å². The Morgan fingerprint density at radius 2 is 1.73 bits per heavy atom. The number of amides is 1. The van der Waals surface area contributed by atoms with Crippen molar-refractivity contribution >= 4 is 28.5 Å². The molecule has 7 heteroatoms. The van der Waals surface area contributed by atoms with Crippen LogP contribution in [0.15, 0.2) is 53.9 Å². The van der Waals surface area contributed by atoms with Gasteiger partial charge in [0.25, 0.3) is 0 Å². The van der Waals surface area contributed by atoms with Gasteiger partial charge in [0.15, 0.2) is 5.13 Å². The zero-order chi connectivity index (χ0) is 21.3. The summed E-state index contributed by atoms with van der Waals surface area (Å²) in [6.45, 7) is 3.66. The average molecular weight is 423 g/mol. The van der Waals surface area contributed by atoms with Crippen LogP contribution in [0.4, 0.5) is 9.93 Å². The maximum absolute atomic E-state index is 13.0. The Bertz CT molecular complexity index is 1050. The van der Waals surface area contributed by atoms with Crippen molar-refractivity contribution in [3.05, 3.63) is 70.7 Å². The number of aromatic nitrogens is 1. The van der Waals surface area contributed by atoms with Gasteiger partial charge in [0.2, 0.25) is 0 Å². The Balaban J connectivity index is 1.60. The highest BCUT2D eigenvalue weighted by molar-refractivity contribution is 7.14. The minimum absolute atomic E-state index is 0.0915. The van der Waals surface area contributed by atoms with Crippen LogP contribution in [-0.4, -0.2) is 34.8 Å². The fourth-order valence-corrected chi connectivity index (χ4v) is 4.76. The number of ether oxygens (including phenoxy) is 1. The lowest BCUT2D eigenvalue weighted by atomic mass is 9.98. The Hall–Kier alpha value is -3.19. The lowest BCUT2D eigenvalue weighted by Gasteiger charge is -2.26. The third-order valence-electron chi connectivity index (χ3n) is 5.33. The first-order valence-electron chi connectivity index (χ1n) is 9.80. The molecule has 30 heavy (non-hydrogen) atoms. The van der Waals surface area contributed by atoms with Crippen molar-refractivity contribution in [1.82, 2.24) is 4.98 Å². The lowest BCUT2D eigenvalue weighted by molar-refractivity contribution is -0.138. The quantitative estimate of drug-likeness (QED) is 0.600. The van der Waals surface area contributed by atoms with Gasteiger partial charge in [-0.25, -0.2) is 19.5 Å². The molecule has 0 saturated carbocycles. The summed E-state index contributed by atoms with van der Waals surface area (Å²) >= 11 is 1.23. The molecule has 2 aromatic carbocycles. The molecule has 3 aromatic rings. The number of thiazole rings is 1. The van der Waals surface area contributed by atoms with Gasteiger partial charge < -0.3 is 9.84 Å². The van der Waals surface area contributed by atoms with Gasteiger partial charge in [0, 0.05) is 11.3 Å². The molecule has 1 unspecified atom stereocenters. The maximum atomic E-state index is 13.0. The van der Waals surface area contributed by atoms with Crippen molar-refractivity contribution in [2.24, 2.45) is 0 Å². The number of hydrogen-bond donors (Lipinski definition) is 1. The molecular weight excluding hydrogens is 400 g/mol. The molecule has 1 atom stereocenters. The molecule has 0 aliphatic heterocycles. The summed E-state index contributed by atoms with van der Waals surface area (Å²) in [5.74, 6) is -1.18. The van der Waals surface area contributed by atoms with E-state index in [1.165, 1.54) is 11.3 Å². The van der Waals surface area contributed by atoms with E-state index in [1.54, 1.807) is 19.2 Å². The third-order valence-corrected chi connectivity index (χ3v) is 6.29. The summed E-state index contributed by atoms with van der Waals surface area (Å²) in [6, 6.07) is 15.1. The number of nitrogens with zero attached hydrogens (tertiary/aromatic N) is 2. The second-order valence-corrected chi connectivity index (χ2v) is 8.04. The number of aryl methyl sites for hydroxylation is 1. The van der Waals surface area contributed by atoms with E-state index in [-0.39, 0.29) is 18.9 Å². The first kappa shape index (κ1) is 20.1. The van der Waals surface area contributed by atoms with E-state index < -0.39 is 18.1 Å². The first-order chi connectivity index (χ1) is 14.5. The van der Waals surface area contributed by atoms with Crippen LogP contribution in [0, 0.1) is 6.92 Å².